The van der Waals surface area contributed by atoms with Crippen molar-refractivity contribution in [2.45, 2.75) is 39.7 Å². The van der Waals surface area contributed by atoms with Crippen LogP contribution in [0.4, 0.5) is 5.69 Å². The molecule has 132 valence electrons. The molecule has 1 saturated heterocycles. The second-order valence-corrected chi connectivity index (χ2v) is 7.41. The van der Waals surface area contributed by atoms with Crippen LogP contribution in [0.5, 0.6) is 0 Å². The predicted octanol–water partition coefficient (Wildman–Crippen LogP) is 4.85. The van der Waals surface area contributed by atoms with Crippen molar-refractivity contribution in [3.63, 3.8) is 0 Å². The van der Waals surface area contributed by atoms with Crippen LogP contribution in [0.15, 0.2) is 48.5 Å². The van der Waals surface area contributed by atoms with Gasteiger partial charge in [0.25, 0.3) is 5.91 Å². The number of amides is 1. The molecule has 1 amide bonds. The maximum Gasteiger partial charge on any atom is 0.255 e. The fourth-order valence-electron chi connectivity index (χ4n) is 3.51. The summed E-state index contributed by atoms with van der Waals surface area (Å²) in [6.07, 6.45) is 2.46. The van der Waals surface area contributed by atoms with Crippen LogP contribution >= 0.6 is 0 Å². The summed E-state index contributed by atoms with van der Waals surface area (Å²) in [5.74, 6) is 1.17. The minimum atomic E-state index is -0.0744. The third-order valence-electron chi connectivity index (χ3n) is 4.93. The summed E-state index contributed by atoms with van der Waals surface area (Å²) in [6, 6.07) is 15.7. The largest absolute Gasteiger partial charge is 0.377 e. The van der Waals surface area contributed by atoms with Crippen LogP contribution in [0, 0.1) is 18.8 Å². The molecule has 0 aliphatic carbocycles. The first kappa shape index (κ1) is 17.7. The molecule has 0 radical (unpaired) electrons. The van der Waals surface area contributed by atoms with Gasteiger partial charge in [-0.05, 0) is 61.4 Å². The molecule has 1 aliphatic heterocycles. The Bertz CT molecular complexity index is 723. The average Bonchev–Trinajstić information content (AvgIpc) is 2.59. The quantitative estimate of drug-likeness (QED) is 0.866. The molecule has 3 atom stereocenters. The second-order valence-electron chi connectivity index (χ2n) is 7.41. The number of rotatable bonds is 4. The molecular weight excluding hydrogens is 310 g/mol. The van der Waals surface area contributed by atoms with Gasteiger partial charge in [-0.3, -0.25) is 4.79 Å². The van der Waals surface area contributed by atoms with Gasteiger partial charge in [-0.1, -0.05) is 43.7 Å². The van der Waals surface area contributed by atoms with Gasteiger partial charge in [0.05, 0.1) is 6.10 Å². The third-order valence-corrected chi connectivity index (χ3v) is 4.93. The van der Waals surface area contributed by atoms with Gasteiger partial charge >= 0.3 is 0 Å². The molecule has 25 heavy (non-hydrogen) atoms. The van der Waals surface area contributed by atoms with Crippen LogP contribution in [-0.2, 0) is 11.2 Å². The number of aryl methyl sites for hydroxylation is 1. The molecule has 0 saturated carbocycles. The highest BCUT2D eigenvalue weighted by Gasteiger charge is 2.26. The van der Waals surface area contributed by atoms with Gasteiger partial charge in [0.15, 0.2) is 0 Å². The van der Waals surface area contributed by atoms with Crippen molar-refractivity contribution in [2.75, 3.05) is 11.9 Å². The Kier molecular flexibility index (Phi) is 5.54. The molecule has 0 bridgehead atoms. The minimum Gasteiger partial charge on any atom is -0.377 e. The van der Waals surface area contributed by atoms with E-state index in [0.29, 0.717) is 23.5 Å². The van der Waals surface area contributed by atoms with E-state index < -0.39 is 0 Å². The van der Waals surface area contributed by atoms with Gasteiger partial charge in [0.1, 0.15) is 0 Å². The van der Waals surface area contributed by atoms with Crippen molar-refractivity contribution in [1.82, 2.24) is 0 Å². The molecule has 0 spiro atoms. The van der Waals surface area contributed by atoms with Crippen molar-refractivity contribution >= 4 is 11.6 Å². The van der Waals surface area contributed by atoms with Gasteiger partial charge in [-0.2, -0.15) is 0 Å². The fraction of sp³-hybridized carbons (Fsp3) is 0.409. The summed E-state index contributed by atoms with van der Waals surface area (Å²) in [7, 11) is 0. The SMILES string of the molecule is Cc1cccc(C(=O)Nc2ccc(CC3OCC(C)CC3C)cc2)c1. The van der Waals surface area contributed by atoms with Gasteiger partial charge in [0, 0.05) is 17.9 Å². The van der Waals surface area contributed by atoms with Crippen molar-refractivity contribution in [2.24, 2.45) is 11.8 Å². The van der Waals surface area contributed by atoms with Gasteiger partial charge in [-0.15, -0.1) is 0 Å². The highest BCUT2D eigenvalue weighted by atomic mass is 16.5. The lowest BCUT2D eigenvalue weighted by Crippen LogP contribution is -2.33. The number of ether oxygens (including phenoxy) is 1. The Labute approximate surface area is 150 Å². The van der Waals surface area contributed by atoms with Crippen molar-refractivity contribution in [3.05, 3.63) is 65.2 Å². The number of nitrogens with one attached hydrogen (secondary N) is 1. The number of anilines is 1. The first-order chi connectivity index (χ1) is 12.0. The number of benzene rings is 2. The van der Waals surface area contributed by atoms with E-state index in [4.69, 9.17) is 4.74 Å². The highest BCUT2D eigenvalue weighted by molar-refractivity contribution is 6.04. The third kappa shape index (κ3) is 4.70. The lowest BCUT2D eigenvalue weighted by atomic mass is 9.87. The van der Waals surface area contributed by atoms with E-state index in [1.807, 2.05) is 43.3 Å². The number of hydrogen-bond acceptors (Lipinski definition) is 2. The van der Waals surface area contributed by atoms with E-state index in [-0.39, 0.29) is 5.91 Å². The van der Waals surface area contributed by atoms with Gasteiger partial charge < -0.3 is 10.1 Å². The molecule has 2 aromatic rings. The molecule has 3 unspecified atom stereocenters. The Morgan fingerprint density at radius 2 is 1.92 bits per heavy atom. The standard InChI is InChI=1S/C22H27NO2/c1-15-5-4-6-19(12-15)22(24)23-20-9-7-18(8-10-20)13-21-17(3)11-16(2)14-25-21/h4-10,12,16-17,21H,11,13-14H2,1-3H3,(H,23,24). The molecule has 3 nitrogen and oxygen atoms in total. The zero-order valence-corrected chi connectivity index (χ0v) is 15.3. The molecule has 1 N–H and O–H groups in total. The summed E-state index contributed by atoms with van der Waals surface area (Å²) in [6.45, 7) is 7.37. The Morgan fingerprint density at radius 1 is 1.16 bits per heavy atom. The summed E-state index contributed by atoms with van der Waals surface area (Å²) in [4.78, 5) is 12.3. The van der Waals surface area contributed by atoms with Gasteiger partial charge in [0.2, 0.25) is 0 Å². The molecule has 1 heterocycles. The van der Waals surface area contributed by atoms with Crippen LogP contribution in [0.1, 0.15) is 41.8 Å². The predicted molar refractivity (Wildman–Crippen MR) is 102 cm³/mol. The topological polar surface area (TPSA) is 38.3 Å². The van der Waals surface area contributed by atoms with Crippen molar-refractivity contribution < 1.29 is 9.53 Å². The van der Waals surface area contributed by atoms with Crippen LogP contribution < -0.4 is 5.32 Å². The summed E-state index contributed by atoms with van der Waals surface area (Å²) in [5.41, 5.74) is 3.84. The molecule has 2 aromatic carbocycles. The summed E-state index contributed by atoms with van der Waals surface area (Å²) < 4.78 is 6.00. The van der Waals surface area contributed by atoms with Crippen LogP contribution in [-0.4, -0.2) is 18.6 Å². The van der Waals surface area contributed by atoms with E-state index in [1.165, 1.54) is 12.0 Å². The first-order valence-electron chi connectivity index (χ1n) is 9.10. The highest BCUT2D eigenvalue weighted by Crippen LogP contribution is 2.27. The number of hydrogen-bond donors (Lipinski definition) is 1. The Morgan fingerprint density at radius 3 is 2.60 bits per heavy atom. The monoisotopic (exact) mass is 337 g/mol. The van der Waals surface area contributed by atoms with Crippen molar-refractivity contribution in [3.8, 4) is 0 Å². The molecule has 3 rings (SSSR count). The molecule has 1 fully saturated rings. The Hall–Kier alpha value is -2.13. The normalized spacial score (nSPS) is 23.2. The van der Waals surface area contributed by atoms with E-state index in [2.05, 4.69) is 31.3 Å². The minimum absolute atomic E-state index is 0.0744. The van der Waals surface area contributed by atoms with Crippen LogP contribution in [0.25, 0.3) is 0 Å². The van der Waals surface area contributed by atoms with E-state index in [9.17, 15) is 4.79 Å². The van der Waals surface area contributed by atoms with Crippen molar-refractivity contribution in [1.29, 1.82) is 0 Å². The Balaban J connectivity index is 1.59. The molecule has 3 heteroatoms. The van der Waals surface area contributed by atoms with Crippen LogP contribution in [0.2, 0.25) is 0 Å². The van der Waals surface area contributed by atoms with Gasteiger partial charge in [-0.25, -0.2) is 0 Å². The number of carbonyl (C=O) groups is 1. The first-order valence-corrected chi connectivity index (χ1v) is 9.10. The lowest BCUT2D eigenvalue weighted by molar-refractivity contribution is -0.0453. The summed E-state index contributed by atoms with van der Waals surface area (Å²) >= 11 is 0. The zero-order chi connectivity index (χ0) is 17.8. The summed E-state index contributed by atoms with van der Waals surface area (Å²) in [5, 5.41) is 2.96. The lowest BCUT2D eigenvalue weighted by Gasteiger charge is -2.33. The van der Waals surface area contributed by atoms with E-state index >= 15 is 0 Å². The molecule has 1 aliphatic rings. The maximum absolute atomic E-state index is 12.3. The smallest absolute Gasteiger partial charge is 0.255 e. The maximum atomic E-state index is 12.3. The van der Waals surface area contributed by atoms with E-state index in [1.54, 1.807) is 0 Å². The molecular formula is C22H27NO2. The zero-order valence-electron chi connectivity index (χ0n) is 15.3. The second kappa shape index (κ2) is 7.83. The molecule has 0 aromatic heterocycles. The van der Waals surface area contributed by atoms with Crippen LogP contribution in [0.3, 0.4) is 0 Å². The fourth-order valence-corrected chi connectivity index (χ4v) is 3.51. The average molecular weight is 337 g/mol. The van der Waals surface area contributed by atoms with E-state index in [0.717, 1.165) is 24.3 Å². The number of carbonyl (C=O) groups excluding carboxylic acids is 1.